The van der Waals surface area contributed by atoms with E-state index in [9.17, 15) is 13.2 Å². The summed E-state index contributed by atoms with van der Waals surface area (Å²) in [5.74, 6) is 0. The predicted octanol–water partition coefficient (Wildman–Crippen LogP) is 4.81. The molecule has 1 nitrogen and oxygen atoms in total. The average Bonchev–Trinajstić information content (AvgIpc) is 2.46. The molecule has 0 heterocycles. The summed E-state index contributed by atoms with van der Waals surface area (Å²) in [4.78, 5) is 0. The number of aryl methyl sites for hydroxylation is 1. The quantitative estimate of drug-likeness (QED) is 0.771. The zero-order chi connectivity index (χ0) is 14.8. The third kappa shape index (κ3) is 3.00. The molecule has 0 N–H and O–H groups in total. The standard InChI is InChI=1S/C16H12F3N/c1-2-11-3-5-13(6-4-11)14-7-12(10-20)8-15(9-14)16(17,18)19/h3-9H,2H2,1H3. The van der Waals surface area contributed by atoms with E-state index in [1.54, 1.807) is 18.2 Å². The van der Waals surface area contributed by atoms with Crippen LogP contribution in [0.5, 0.6) is 0 Å². The Bertz CT molecular complexity index is 649. The zero-order valence-corrected chi connectivity index (χ0v) is 10.8. The molecule has 0 aliphatic rings. The Labute approximate surface area is 115 Å². The normalized spacial score (nSPS) is 11.2. The Morgan fingerprint density at radius 2 is 1.65 bits per heavy atom. The van der Waals surface area contributed by atoms with Crippen molar-refractivity contribution in [2.24, 2.45) is 0 Å². The third-order valence-electron chi connectivity index (χ3n) is 3.08. The fourth-order valence-corrected chi connectivity index (χ4v) is 1.96. The zero-order valence-electron chi connectivity index (χ0n) is 10.8. The van der Waals surface area contributed by atoms with E-state index >= 15 is 0 Å². The van der Waals surface area contributed by atoms with E-state index in [2.05, 4.69) is 0 Å². The SMILES string of the molecule is CCc1ccc(-c2cc(C#N)cc(C(F)(F)F)c2)cc1. The first-order valence-corrected chi connectivity index (χ1v) is 6.15. The number of nitriles is 1. The number of benzene rings is 2. The minimum absolute atomic E-state index is 0.00870. The number of nitrogens with zero attached hydrogens (tertiary/aromatic N) is 1. The monoisotopic (exact) mass is 275 g/mol. The second-order valence-corrected chi connectivity index (χ2v) is 4.46. The molecule has 0 amide bonds. The number of rotatable bonds is 2. The first-order valence-electron chi connectivity index (χ1n) is 6.15. The van der Waals surface area contributed by atoms with Crippen LogP contribution in [0.25, 0.3) is 11.1 Å². The minimum atomic E-state index is -4.45. The Hall–Kier alpha value is -2.28. The first-order chi connectivity index (χ1) is 9.44. The predicted molar refractivity (Wildman–Crippen MR) is 71.0 cm³/mol. The molecule has 0 atom stereocenters. The Morgan fingerprint density at radius 3 is 2.15 bits per heavy atom. The molecule has 0 radical (unpaired) electrons. The van der Waals surface area contributed by atoms with Gasteiger partial charge in [-0.2, -0.15) is 18.4 Å². The van der Waals surface area contributed by atoms with Gasteiger partial charge in [-0.1, -0.05) is 31.2 Å². The number of halogens is 3. The van der Waals surface area contributed by atoms with Crippen molar-refractivity contribution in [2.45, 2.75) is 19.5 Å². The summed E-state index contributed by atoms with van der Waals surface area (Å²) in [7, 11) is 0. The van der Waals surface area contributed by atoms with Gasteiger partial charge in [-0.05, 0) is 41.3 Å². The summed E-state index contributed by atoms with van der Waals surface area (Å²) in [6, 6.07) is 12.5. The van der Waals surface area contributed by atoms with Crippen LogP contribution in [0.15, 0.2) is 42.5 Å². The molecule has 2 aromatic rings. The van der Waals surface area contributed by atoms with Gasteiger partial charge in [0.15, 0.2) is 0 Å². The largest absolute Gasteiger partial charge is 0.416 e. The number of hydrogen-bond acceptors (Lipinski definition) is 1. The topological polar surface area (TPSA) is 23.8 Å². The van der Waals surface area contributed by atoms with Gasteiger partial charge >= 0.3 is 6.18 Å². The molecule has 4 heteroatoms. The summed E-state index contributed by atoms with van der Waals surface area (Å²) in [6.45, 7) is 2.01. The molecular weight excluding hydrogens is 263 g/mol. The Morgan fingerprint density at radius 1 is 1.00 bits per heavy atom. The van der Waals surface area contributed by atoms with E-state index in [-0.39, 0.29) is 5.56 Å². The van der Waals surface area contributed by atoms with E-state index in [0.29, 0.717) is 11.1 Å². The van der Waals surface area contributed by atoms with Crippen LogP contribution in [0.2, 0.25) is 0 Å². The molecule has 0 unspecified atom stereocenters. The maximum Gasteiger partial charge on any atom is 0.416 e. The maximum absolute atomic E-state index is 12.8. The highest BCUT2D eigenvalue weighted by Crippen LogP contribution is 2.33. The molecule has 0 spiro atoms. The van der Waals surface area contributed by atoms with Gasteiger partial charge in [0.1, 0.15) is 0 Å². The molecule has 102 valence electrons. The second kappa shape index (κ2) is 5.38. The lowest BCUT2D eigenvalue weighted by atomic mass is 9.98. The Balaban J connectivity index is 2.53. The number of hydrogen-bond donors (Lipinski definition) is 0. The highest BCUT2D eigenvalue weighted by Gasteiger charge is 2.31. The van der Waals surface area contributed by atoms with E-state index in [0.717, 1.165) is 24.1 Å². The van der Waals surface area contributed by atoms with Crippen LogP contribution >= 0.6 is 0 Å². The maximum atomic E-state index is 12.8. The third-order valence-corrected chi connectivity index (χ3v) is 3.08. The second-order valence-electron chi connectivity index (χ2n) is 4.46. The molecule has 0 aromatic heterocycles. The molecule has 0 aliphatic heterocycles. The molecule has 0 saturated heterocycles. The van der Waals surface area contributed by atoms with Crippen molar-refractivity contribution < 1.29 is 13.2 Å². The summed E-state index contributed by atoms with van der Waals surface area (Å²) in [5, 5.41) is 8.86. The van der Waals surface area contributed by atoms with E-state index in [1.807, 2.05) is 19.1 Å². The first kappa shape index (κ1) is 14.1. The van der Waals surface area contributed by atoms with Crippen LogP contribution in [0, 0.1) is 11.3 Å². The van der Waals surface area contributed by atoms with Gasteiger partial charge in [0, 0.05) is 0 Å². The van der Waals surface area contributed by atoms with Crippen molar-refractivity contribution in [2.75, 3.05) is 0 Å². The van der Waals surface area contributed by atoms with Crippen LogP contribution in [0.1, 0.15) is 23.6 Å². The van der Waals surface area contributed by atoms with Crippen LogP contribution in [0.4, 0.5) is 13.2 Å². The molecule has 2 aromatic carbocycles. The molecular formula is C16H12F3N. The summed E-state index contributed by atoms with van der Waals surface area (Å²) in [6.07, 6.45) is -3.59. The summed E-state index contributed by atoms with van der Waals surface area (Å²) in [5.41, 5.74) is 1.39. The van der Waals surface area contributed by atoms with Crippen molar-refractivity contribution in [3.8, 4) is 17.2 Å². The van der Waals surface area contributed by atoms with E-state index < -0.39 is 11.7 Å². The fraction of sp³-hybridized carbons (Fsp3) is 0.188. The van der Waals surface area contributed by atoms with Crippen molar-refractivity contribution in [1.82, 2.24) is 0 Å². The van der Waals surface area contributed by atoms with Crippen molar-refractivity contribution in [1.29, 1.82) is 5.26 Å². The van der Waals surface area contributed by atoms with Crippen LogP contribution < -0.4 is 0 Å². The van der Waals surface area contributed by atoms with Gasteiger partial charge in [-0.25, -0.2) is 0 Å². The number of alkyl halides is 3. The van der Waals surface area contributed by atoms with Crippen LogP contribution in [-0.4, -0.2) is 0 Å². The lowest BCUT2D eigenvalue weighted by molar-refractivity contribution is -0.137. The van der Waals surface area contributed by atoms with E-state index in [1.165, 1.54) is 6.07 Å². The molecule has 2 rings (SSSR count). The van der Waals surface area contributed by atoms with Gasteiger partial charge < -0.3 is 0 Å². The van der Waals surface area contributed by atoms with Gasteiger partial charge in [-0.3, -0.25) is 0 Å². The molecule has 0 saturated carbocycles. The van der Waals surface area contributed by atoms with Gasteiger partial charge in [-0.15, -0.1) is 0 Å². The molecule has 0 aliphatic carbocycles. The lowest BCUT2D eigenvalue weighted by Gasteiger charge is -2.10. The smallest absolute Gasteiger partial charge is 0.192 e. The van der Waals surface area contributed by atoms with Gasteiger partial charge in [0.05, 0.1) is 17.2 Å². The van der Waals surface area contributed by atoms with Crippen LogP contribution in [-0.2, 0) is 12.6 Å². The molecule has 0 bridgehead atoms. The Kier molecular flexibility index (Phi) is 3.80. The average molecular weight is 275 g/mol. The minimum Gasteiger partial charge on any atom is -0.192 e. The highest BCUT2D eigenvalue weighted by atomic mass is 19.4. The fourth-order valence-electron chi connectivity index (χ4n) is 1.96. The summed E-state index contributed by atoms with van der Waals surface area (Å²) >= 11 is 0. The lowest BCUT2D eigenvalue weighted by Crippen LogP contribution is -2.05. The van der Waals surface area contributed by atoms with Crippen molar-refractivity contribution in [3.63, 3.8) is 0 Å². The van der Waals surface area contributed by atoms with Crippen molar-refractivity contribution in [3.05, 3.63) is 59.2 Å². The highest BCUT2D eigenvalue weighted by molar-refractivity contribution is 5.66. The van der Waals surface area contributed by atoms with Gasteiger partial charge in [0.2, 0.25) is 0 Å². The van der Waals surface area contributed by atoms with E-state index in [4.69, 9.17) is 5.26 Å². The van der Waals surface area contributed by atoms with Gasteiger partial charge in [0.25, 0.3) is 0 Å². The molecule has 20 heavy (non-hydrogen) atoms. The molecule has 0 fully saturated rings. The summed E-state index contributed by atoms with van der Waals surface area (Å²) < 4.78 is 38.4. The van der Waals surface area contributed by atoms with Crippen molar-refractivity contribution >= 4 is 0 Å². The van der Waals surface area contributed by atoms with Crippen LogP contribution in [0.3, 0.4) is 0 Å².